The van der Waals surface area contributed by atoms with E-state index in [2.05, 4.69) is 45.1 Å². The molecule has 1 unspecified atom stereocenters. The molecule has 0 aliphatic heterocycles. The molecule has 150 valence electrons. The summed E-state index contributed by atoms with van der Waals surface area (Å²) in [6.45, 7) is 5.09. The number of hydrogen-bond acceptors (Lipinski definition) is 7. The predicted molar refractivity (Wildman–Crippen MR) is 117 cm³/mol. The lowest BCUT2D eigenvalue weighted by Crippen LogP contribution is -2.40. The minimum atomic E-state index is -0.994. The minimum absolute atomic E-state index is 0.224. The Hall–Kier alpha value is -2.45. The van der Waals surface area contributed by atoms with Gasteiger partial charge >= 0.3 is 0 Å². The molecule has 6 nitrogen and oxygen atoms in total. The van der Waals surface area contributed by atoms with Crippen LogP contribution in [0.4, 0.5) is 0 Å². The van der Waals surface area contributed by atoms with Gasteiger partial charge in [0, 0.05) is 41.8 Å². The van der Waals surface area contributed by atoms with Gasteiger partial charge in [-0.25, -0.2) is 4.98 Å². The van der Waals surface area contributed by atoms with Crippen LogP contribution in [-0.4, -0.2) is 34.2 Å². The topological polar surface area (TPSA) is 83.2 Å². The first-order valence-corrected chi connectivity index (χ1v) is 10.4. The molecule has 0 aliphatic carbocycles. The molecule has 0 fully saturated rings. The second-order valence-electron chi connectivity index (χ2n) is 7.45. The van der Waals surface area contributed by atoms with Crippen LogP contribution in [0.15, 0.2) is 70.6 Å². The van der Waals surface area contributed by atoms with Gasteiger partial charge in [0.15, 0.2) is 12.0 Å². The normalized spacial score (nSPS) is 14.9. The van der Waals surface area contributed by atoms with Crippen LogP contribution in [0.3, 0.4) is 0 Å². The molecule has 0 aliphatic rings. The maximum absolute atomic E-state index is 10.9. The molecule has 4 rings (SSSR count). The van der Waals surface area contributed by atoms with Crippen molar-refractivity contribution in [2.75, 3.05) is 13.1 Å². The lowest BCUT2D eigenvalue weighted by atomic mass is 9.95. The van der Waals surface area contributed by atoms with Crippen LogP contribution in [0, 0.1) is 0 Å². The van der Waals surface area contributed by atoms with Crippen molar-refractivity contribution < 1.29 is 9.52 Å². The fourth-order valence-electron chi connectivity index (χ4n) is 3.16. The maximum atomic E-state index is 10.9. The predicted octanol–water partition coefficient (Wildman–Crippen LogP) is 3.86. The van der Waals surface area contributed by atoms with Crippen LogP contribution in [0.5, 0.6) is 0 Å². The number of nitrogens with zero attached hydrogens (tertiary/aromatic N) is 2. The molecule has 29 heavy (non-hydrogen) atoms. The molecule has 7 heteroatoms. The lowest BCUT2D eigenvalue weighted by molar-refractivity contribution is 0.0569. The first-order valence-electron chi connectivity index (χ1n) is 9.54. The van der Waals surface area contributed by atoms with E-state index in [0.29, 0.717) is 6.54 Å². The molecule has 4 aromatic rings. The van der Waals surface area contributed by atoms with E-state index in [4.69, 9.17) is 4.42 Å². The number of pyridine rings is 1. The second-order valence-corrected chi connectivity index (χ2v) is 8.36. The number of hydrogen-bond donors (Lipinski definition) is 3. The number of aliphatic hydroxyl groups is 1. The van der Waals surface area contributed by atoms with Crippen LogP contribution >= 0.6 is 11.9 Å². The van der Waals surface area contributed by atoms with Crippen molar-refractivity contribution in [3.8, 4) is 0 Å². The molecule has 3 N–H and O–H groups in total. The Morgan fingerprint density at radius 2 is 2.07 bits per heavy atom. The summed E-state index contributed by atoms with van der Waals surface area (Å²) in [5, 5.41) is 16.5. The van der Waals surface area contributed by atoms with Gasteiger partial charge in [0.1, 0.15) is 5.52 Å². The summed E-state index contributed by atoms with van der Waals surface area (Å²) in [6, 6.07) is 14.1. The average Bonchev–Trinajstić information content (AvgIpc) is 3.20. The van der Waals surface area contributed by atoms with E-state index >= 15 is 0 Å². The zero-order chi connectivity index (χ0) is 20.3. The smallest absolute Gasteiger partial charge is 0.181 e. The molecule has 2 aromatic carbocycles. The Kier molecular flexibility index (Phi) is 5.82. The monoisotopic (exact) mass is 408 g/mol. The summed E-state index contributed by atoms with van der Waals surface area (Å²) in [7, 11) is 0. The Morgan fingerprint density at radius 1 is 1.17 bits per heavy atom. The van der Waals surface area contributed by atoms with Crippen LogP contribution < -0.4 is 10.0 Å². The standard InChI is InChI=1S/C22H24N4O2S/c1-15(26-29-19-5-3-17-12-23-8-7-16(17)9-19)11-24-13-22(2,27)18-4-6-21-20(10-18)25-14-28-21/h3-10,12,14-15,24,26-27H,11,13H2,1-2H3/t15-,22?/m1/s1. The van der Waals surface area contributed by atoms with Crippen molar-refractivity contribution in [1.82, 2.24) is 20.0 Å². The van der Waals surface area contributed by atoms with E-state index in [1.54, 1.807) is 18.9 Å². The number of nitrogens with one attached hydrogen (secondary N) is 2. The van der Waals surface area contributed by atoms with Crippen molar-refractivity contribution in [1.29, 1.82) is 0 Å². The summed E-state index contributed by atoms with van der Waals surface area (Å²) in [4.78, 5) is 9.46. The zero-order valence-electron chi connectivity index (χ0n) is 16.4. The Bertz CT molecular complexity index is 1110. The number of fused-ring (bicyclic) bond motifs is 2. The summed E-state index contributed by atoms with van der Waals surface area (Å²) in [5.41, 5.74) is 1.29. The van der Waals surface area contributed by atoms with Gasteiger partial charge in [0.05, 0.1) is 5.60 Å². The summed E-state index contributed by atoms with van der Waals surface area (Å²) in [6.07, 6.45) is 5.10. The first-order chi connectivity index (χ1) is 14.0. The van der Waals surface area contributed by atoms with E-state index in [1.165, 1.54) is 11.8 Å². The number of oxazole rings is 1. The molecule has 0 amide bonds. The third kappa shape index (κ3) is 4.76. The number of benzene rings is 2. The number of aromatic nitrogens is 2. The van der Waals surface area contributed by atoms with Crippen LogP contribution in [0.25, 0.3) is 21.9 Å². The third-order valence-electron chi connectivity index (χ3n) is 4.86. The first kappa shape index (κ1) is 19.8. The van der Waals surface area contributed by atoms with Crippen LogP contribution in [0.1, 0.15) is 19.4 Å². The van der Waals surface area contributed by atoms with Crippen LogP contribution in [-0.2, 0) is 5.60 Å². The summed E-state index contributed by atoms with van der Waals surface area (Å²) < 4.78 is 8.71. The summed E-state index contributed by atoms with van der Waals surface area (Å²) >= 11 is 1.61. The number of rotatable bonds is 8. The van der Waals surface area contributed by atoms with Crippen molar-refractivity contribution in [3.05, 3.63) is 66.8 Å². The highest BCUT2D eigenvalue weighted by Gasteiger charge is 2.23. The van der Waals surface area contributed by atoms with E-state index < -0.39 is 5.60 Å². The SMILES string of the molecule is C[C@H](CNCC(C)(O)c1ccc2ocnc2c1)NSc1ccc2cnccc2c1. The molecule has 2 aromatic heterocycles. The van der Waals surface area contributed by atoms with Crippen LogP contribution in [0.2, 0.25) is 0 Å². The fraction of sp³-hybridized carbons (Fsp3) is 0.273. The van der Waals surface area contributed by atoms with Gasteiger partial charge in [-0.05, 0) is 67.1 Å². The van der Waals surface area contributed by atoms with Crippen molar-refractivity contribution in [2.24, 2.45) is 0 Å². The van der Waals surface area contributed by atoms with Gasteiger partial charge in [0.2, 0.25) is 0 Å². The minimum Gasteiger partial charge on any atom is -0.443 e. The zero-order valence-corrected chi connectivity index (χ0v) is 17.2. The van der Waals surface area contributed by atoms with Crippen molar-refractivity contribution in [3.63, 3.8) is 0 Å². The molecule has 0 saturated heterocycles. The van der Waals surface area contributed by atoms with Gasteiger partial charge in [-0.1, -0.05) is 12.1 Å². The van der Waals surface area contributed by atoms with E-state index in [0.717, 1.165) is 33.5 Å². The van der Waals surface area contributed by atoms with E-state index in [-0.39, 0.29) is 6.04 Å². The third-order valence-corrected chi connectivity index (χ3v) is 5.87. The molecule has 0 spiro atoms. The molecule has 0 radical (unpaired) electrons. The molecule has 0 saturated carbocycles. The molecular formula is C22H24N4O2S. The Balaban J connectivity index is 1.27. The van der Waals surface area contributed by atoms with Gasteiger partial charge in [-0.2, -0.15) is 0 Å². The maximum Gasteiger partial charge on any atom is 0.181 e. The van der Waals surface area contributed by atoms with Gasteiger partial charge < -0.3 is 14.8 Å². The average molecular weight is 409 g/mol. The molecular weight excluding hydrogens is 384 g/mol. The lowest BCUT2D eigenvalue weighted by Gasteiger charge is -2.25. The molecule has 0 bridgehead atoms. The van der Waals surface area contributed by atoms with Gasteiger partial charge in [0.25, 0.3) is 0 Å². The fourth-order valence-corrected chi connectivity index (χ4v) is 3.90. The summed E-state index contributed by atoms with van der Waals surface area (Å²) in [5.74, 6) is 0. The largest absolute Gasteiger partial charge is 0.443 e. The van der Waals surface area contributed by atoms with E-state index in [1.807, 2.05) is 36.7 Å². The molecule has 2 heterocycles. The molecule has 2 atom stereocenters. The second kappa shape index (κ2) is 8.51. The van der Waals surface area contributed by atoms with Crippen molar-refractivity contribution in [2.45, 2.75) is 30.4 Å². The van der Waals surface area contributed by atoms with Gasteiger partial charge in [-0.15, -0.1) is 0 Å². The highest BCUT2D eigenvalue weighted by atomic mass is 32.2. The Labute approximate surface area is 173 Å². The quantitative estimate of drug-likeness (QED) is 0.382. The van der Waals surface area contributed by atoms with Gasteiger partial charge in [-0.3, -0.25) is 9.71 Å². The Morgan fingerprint density at radius 3 is 2.97 bits per heavy atom. The van der Waals surface area contributed by atoms with Crippen molar-refractivity contribution >= 4 is 33.8 Å². The highest BCUT2D eigenvalue weighted by molar-refractivity contribution is 7.97. The highest BCUT2D eigenvalue weighted by Crippen LogP contribution is 2.24. The van der Waals surface area contributed by atoms with E-state index in [9.17, 15) is 5.11 Å².